The van der Waals surface area contributed by atoms with Gasteiger partial charge in [0.2, 0.25) is 0 Å². The summed E-state index contributed by atoms with van der Waals surface area (Å²) in [6.45, 7) is 4.13. The van der Waals surface area contributed by atoms with Crippen molar-refractivity contribution in [3.63, 3.8) is 0 Å². The van der Waals surface area contributed by atoms with E-state index in [0.29, 0.717) is 0 Å². The van der Waals surface area contributed by atoms with E-state index in [0.717, 1.165) is 19.1 Å². The van der Waals surface area contributed by atoms with Gasteiger partial charge >= 0.3 is 0 Å². The number of nitrogens with zero attached hydrogens (tertiary/aromatic N) is 1. The molecule has 1 heterocycles. The third-order valence-electron chi connectivity index (χ3n) is 3.80. The minimum Gasteiger partial charge on any atom is -0.370 e. The molecule has 0 radical (unpaired) electrons. The van der Waals surface area contributed by atoms with Gasteiger partial charge < -0.3 is 10.2 Å². The van der Waals surface area contributed by atoms with E-state index in [1.165, 1.54) is 35.2 Å². The van der Waals surface area contributed by atoms with Crippen molar-refractivity contribution in [3.05, 3.63) is 51.7 Å². The van der Waals surface area contributed by atoms with Crippen molar-refractivity contribution in [2.75, 3.05) is 11.9 Å². The van der Waals surface area contributed by atoms with E-state index >= 15 is 0 Å². The number of hydrogen-bond donors (Lipinski definition) is 1. The highest BCUT2D eigenvalue weighted by molar-refractivity contribution is 7.07. The van der Waals surface area contributed by atoms with Crippen LogP contribution in [0.3, 0.4) is 0 Å². The Morgan fingerprint density at radius 3 is 2.85 bits per heavy atom. The van der Waals surface area contributed by atoms with Crippen LogP contribution >= 0.6 is 11.3 Å². The number of aryl methyl sites for hydroxylation is 1. The van der Waals surface area contributed by atoms with Crippen LogP contribution in [-0.4, -0.2) is 13.1 Å². The number of anilines is 1. The molecular formula is C17H22N2S. The zero-order chi connectivity index (χ0) is 13.9. The molecule has 1 aromatic heterocycles. The molecule has 20 heavy (non-hydrogen) atoms. The molecule has 0 saturated heterocycles. The fraction of sp³-hybridized carbons (Fsp3) is 0.412. The number of hydrogen-bond acceptors (Lipinski definition) is 3. The zero-order valence-electron chi connectivity index (χ0n) is 12.2. The minimum absolute atomic E-state index is 0.755. The summed E-state index contributed by atoms with van der Waals surface area (Å²) in [4.78, 5) is 2.35. The largest absolute Gasteiger partial charge is 0.370 e. The summed E-state index contributed by atoms with van der Waals surface area (Å²) < 4.78 is 0. The molecule has 1 aliphatic rings. The number of benzene rings is 1. The highest BCUT2D eigenvalue weighted by Crippen LogP contribution is 2.25. The quantitative estimate of drug-likeness (QED) is 0.865. The van der Waals surface area contributed by atoms with Gasteiger partial charge in [-0.2, -0.15) is 11.3 Å². The first-order chi connectivity index (χ1) is 9.72. The highest BCUT2D eigenvalue weighted by atomic mass is 32.1. The molecule has 2 nitrogen and oxygen atoms in total. The summed E-state index contributed by atoms with van der Waals surface area (Å²) in [6.07, 6.45) is 2.68. The van der Waals surface area contributed by atoms with Crippen LogP contribution in [0.5, 0.6) is 0 Å². The first-order valence-electron chi connectivity index (χ1n) is 7.27. The van der Waals surface area contributed by atoms with Crippen LogP contribution in [0.1, 0.15) is 29.5 Å². The second kappa shape index (κ2) is 5.98. The van der Waals surface area contributed by atoms with Crippen molar-refractivity contribution in [1.82, 2.24) is 5.32 Å². The van der Waals surface area contributed by atoms with Crippen LogP contribution in [0.25, 0.3) is 0 Å². The van der Waals surface area contributed by atoms with E-state index in [2.05, 4.69) is 59.2 Å². The van der Waals surface area contributed by atoms with Crippen molar-refractivity contribution in [2.24, 2.45) is 0 Å². The van der Waals surface area contributed by atoms with Crippen LogP contribution in [0.4, 0.5) is 5.69 Å². The van der Waals surface area contributed by atoms with E-state index in [4.69, 9.17) is 0 Å². The summed E-state index contributed by atoms with van der Waals surface area (Å²) in [5, 5.41) is 8.01. The fourth-order valence-electron chi connectivity index (χ4n) is 2.51. The maximum absolute atomic E-state index is 3.63. The van der Waals surface area contributed by atoms with Crippen LogP contribution in [0.15, 0.2) is 35.0 Å². The average Bonchev–Trinajstić information content (AvgIpc) is 3.13. The molecule has 2 aromatic rings. The molecule has 0 unspecified atom stereocenters. The summed E-state index contributed by atoms with van der Waals surface area (Å²) in [5.74, 6) is 0. The van der Waals surface area contributed by atoms with Gasteiger partial charge in [0.25, 0.3) is 0 Å². The van der Waals surface area contributed by atoms with Gasteiger partial charge in [-0.1, -0.05) is 17.7 Å². The van der Waals surface area contributed by atoms with Crippen molar-refractivity contribution >= 4 is 17.0 Å². The second-order valence-electron chi connectivity index (χ2n) is 5.78. The summed E-state index contributed by atoms with van der Waals surface area (Å²) in [7, 11) is 2.18. The third kappa shape index (κ3) is 3.41. The van der Waals surface area contributed by atoms with Gasteiger partial charge in [-0.25, -0.2) is 0 Å². The Morgan fingerprint density at radius 2 is 2.15 bits per heavy atom. The fourth-order valence-corrected chi connectivity index (χ4v) is 3.17. The van der Waals surface area contributed by atoms with Gasteiger partial charge in [0.05, 0.1) is 0 Å². The van der Waals surface area contributed by atoms with Gasteiger partial charge in [0.15, 0.2) is 0 Å². The van der Waals surface area contributed by atoms with E-state index in [-0.39, 0.29) is 0 Å². The predicted molar refractivity (Wildman–Crippen MR) is 87.5 cm³/mol. The molecule has 1 saturated carbocycles. The lowest BCUT2D eigenvalue weighted by atomic mass is 10.1. The van der Waals surface area contributed by atoms with Crippen molar-refractivity contribution in [3.8, 4) is 0 Å². The first kappa shape index (κ1) is 13.7. The predicted octanol–water partition coefficient (Wildman–Crippen LogP) is 3.94. The van der Waals surface area contributed by atoms with Gasteiger partial charge in [-0.05, 0) is 53.8 Å². The minimum atomic E-state index is 0.755. The second-order valence-corrected chi connectivity index (χ2v) is 6.56. The smallest absolute Gasteiger partial charge is 0.0434 e. The molecule has 106 valence electrons. The zero-order valence-corrected chi connectivity index (χ0v) is 13.0. The molecule has 0 bridgehead atoms. The lowest BCUT2D eigenvalue weighted by Gasteiger charge is -2.23. The molecule has 1 aromatic carbocycles. The molecule has 1 fully saturated rings. The monoisotopic (exact) mass is 286 g/mol. The average molecular weight is 286 g/mol. The van der Waals surface area contributed by atoms with E-state index in [1.807, 2.05) is 0 Å². The topological polar surface area (TPSA) is 15.3 Å². The van der Waals surface area contributed by atoms with E-state index in [9.17, 15) is 0 Å². The molecule has 0 atom stereocenters. The Hall–Kier alpha value is -1.32. The Bertz CT molecular complexity index is 558. The maximum atomic E-state index is 3.63. The standard InChI is InChI=1S/C17H22N2S/c1-13-3-6-17(15(9-13)10-18-16-4-5-16)19(2)11-14-7-8-20-12-14/h3,6-9,12,16,18H,4-5,10-11H2,1-2H3. The molecule has 1 aliphatic carbocycles. The van der Waals surface area contributed by atoms with Crippen LogP contribution in [-0.2, 0) is 13.1 Å². The molecule has 0 spiro atoms. The maximum Gasteiger partial charge on any atom is 0.0434 e. The molecular weight excluding hydrogens is 264 g/mol. The Balaban J connectivity index is 1.75. The highest BCUT2D eigenvalue weighted by Gasteiger charge is 2.20. The third-order valence-corrected chi connectivity index (χ3v) is 4.54. The Kier molecular flexibility index (Phi) is 4.08. The van der Waals surface area contributed by atoms with Gasteiger partial charge in [0.1, 0.15) is 0 Å². The molecule has 0 aliphatic heterocycles. The number of rotatable bonds is 6. The lowest BCUT2D eigenvalue weighted by Crippen LogP contribution is -2.21. The van der Waals surface area contributed by atoms with Crippen molar-refractivity contribution < 1.29 is 0 Å². The Labute approximate surface area is 125 Å². The van der Waals surface area contributed by atoms with Crippen LogP contribution < -0.4 is 10.2 Å². The summed E-state index contributed by atoms with van der Waals surface area (Å²) in [5.41, 5.74) is 5.48. The first-order valence-corrected chi connectivity index (χ1v) is 8.22. The van der Waals surface area contributed by atoms with Gasteiger partial charge in [0, 0.05) is 31.9 Å². The lowest BCUT2D eigenvalue weighted by molar-refractivity contribution is 0.685. The van der Waals surface area contributed by atoms with E-state index < -0.39 is 0 Å². The normalized spacial score (nSPS) is 14.5. The molecule has 0 amide bonds. The summed E-state index contributed by atoms with van der Waals surface area (Å²) >= 11 is 1.77. The van der Waals surface area contributed by atoms with Crippen LogP contribution in [0, 0.1) is 6.92 Å². The van der Waals surface area contributed by atoms with Crippen LogP contribution in [0.2, 0.25) is 0 Å². The molecule has 1 N–H and O–H groups in total. The van der Waals surface area contributed by atoms with Crippen molar-refractivity contribution in [2.45, 2.75) is 38.9 Å². The van der Waals surface area contributed by atoms with Gasteiger partial charge in [-0.15, -0.1) is 0 Å². The number of nitrogens with one attached hydrogen (secondary N) is 1. The Morgan fingerprint density at radius 1 is 1.30 bits per heavy atom. The summed E-state index contributed by atoms with van der Waals surface area (Å²) in [6, 6.07) is 9.74. The molecule has 3 heteroatoms. The van der Waals surface area contributed by atoms with Crippen molar-refractivity contribution in [1.29, 1.82) is 0 Å². The SMILES string of the molecule is Cc1ccc(N(C)Cc2ccsc2)c(CNC2CC2)c1. The number of thiophene rings is 1. The molecule has 3 rings (SSSR count). The van der Waals surface area contributed by atoms with Gasteiger partial charge in [-0.3, -0.25) is 0 Å². The van der Waals surface area contributed by atoms with E-state index in [1.54, 1.807) is 11.3 Å².